The van der Waals surface area contributed by atoms with Crippen LogP contribution in [0.3, 0.4) is 0 Å². The van der Waals surface area contributed by atoms with E-state index in [0.717, 1.165) is 0 Å². The number of nitrogens with zero attached hydrogens (tertiary/aromatic N) is 7. The zero-order valence-corrected chi connectivity index (χ0v) is 20.9. The molecule has 0 aliphatic rings. The van der Waals surface area contributed by atoms with Crippen molar-refractivity contribution in [1.29, 1.82) is 0 Å². The Morgan fingerprint density at radius 3 is 2.51 bits per heavy atom. The first-order valence-corrected chi connectivity index (χ1v) is 11.6. The van der Waals surface area contributed by atoms with Crippen LogP contribution in [0.4, 0.5) is 11.5 Å². The Morgan fingerprint density at radius 1 is 1.03 bits per heavy atom. The molecule has 37 heavy (non-hydrogen) atoms. The topological polar surface area (TPSA) is 139 Å². The van der Waals surface area contributed by atoms with E-state index in [1.165, 1.54) is 10.9 Å². The number of hydrogen-bond acceptors (Lipinski definition) is 7. The number of benzene rings is 1. The Hall–Kier alpha value is -4.77. The molecular formula is C25H22ClN9O2. The fraction of sp³-hybridized carbons (Fsp3) is 0.120. The number of nitrogens with two attached hydrogens (primary N) is 1. The number of rotatable bonds is 5. The molecule has 4 heterocycles. The highest BCUT2D eigenvalue weighted by Crippen LogP contribution is 2.25. The Labute approximate surface area is 216 Å². The molecule has 11 nitrogen and oxygen atoms in total. The summed E-state index contributed by atoms with van der Waals surface area (Å²) in [5.74, 6) is -0.338. The summed E-state index contributed by atoms with van der Waals surface area (Å²) in [5.41, 5.74) is 9.14. The van der Waals surface area contributed by atoms with Crippen molar-refractivity contribution in [2.45, 2.75) is 6.92 Å². The number of nitrogens with one attached hydrogen (secondary N) is 1. The monoisotopic (exact) mass is 515 g/mol. The van der Waals surface area contributed by atoms with E-state index >= 15 is 0 Å². The van der Waals surface area contributed by atoms with Gasteiger partial charge >= 0.3 is 0 Å². The van der Waals surface area contributed by atoms with Crippen LogP contribution in [0, 0.1) is 6.92 Å². The molecule has 3 N–H and O–H groups in total. The molecule has 0 bridgehead atoms. The Bertz CT molecular complexity index is 1700. The van der Waals surface area contributed by atoms with Gasteiger partial charge in [0.25, 0.3) is 11.5 Å². The molecule has 4 aromatic heterocycles. The average molecular weight is 516 g/mol. The van der Waals surface area contributed by atoms with Crippen LogP contribution in [0.15, 0.2) is 65.8 Å². The molecule has 0 unspecified atom stereocenters. The maximum atomic E-state index is 13.2. The summed E-state index contributed by atoms with van der Waals surface area (Å²) in [6.45, 7) is 1.70. The number of hydrogen-bond donors (Lipinski definition) is 2. The molecular weight excluding hydrogens is 494 g/mol. The van der Waals surface area contributed by atoms with Crippen molar-refractivity contribution in [3.63, 3.8) is 0 Å². The van der Waals surface area contributed by atoms with Crippen molar-refractivity contribution in [3.8, 4) is 28.5 Å². The summed E-state index contributed by atoms with van der Waals surface area (Å²) in [6, 6.07) is 12.0. The van der Waals surface area contributed by atoms with Crippen molar-refractivity contribution in [3.05, 3.63) is 87.7 Å². The average Bonchev–Trinajstić information content (AvgIpc) is 3.40. The van der Waals surface area contributed by atoms with Gasteiger partial charge < -0.3 is 11.1 Å². The fourth-order valence-corrected chi connectivity index (χ4v) is 4.12. The van der Waals surface area contributed by atoms with E-state index in [1.807, 2.05) is 13.1 Å². The molecule has 0 saturated carbocycles. The second-order valence-corrected chi connectivity index (χ2v) is 8.77. The number of carbonyl (C=O) groups excluding carboxylic acids is 1. The molecule has 0 aliphatic heterocycles. The third-order valence-electron chi connectivity index (χ3n) is 5.87. The maximum absolute atomic E-state index is 13.2. The van der Waals surface area contributed by atoms with Crippen LogP contribution in [0.2, 0.25) is 5.02 Å². The number of aryl methyl sites for hydroxylation is 1. The van der Waals surface area contributed by atoms with Gasteiger partial charge in [-0.25, -0.2) is 14.6 Å². The lowest BCUT2D eigenvalue weighted by molar-refractivity contribution is 0.102. The lowest BCUT2D eigenvalue weighted by Crippen LogP contribution is -2.25. The van der Waals surface area contributed by atoms with E-state index in [0.29, 0.717) is 44.9 Å². The molecule has 0 spiro atoms. The summed E-state index contributed by atoms with van der Waals surface area (Å²) in [5, 5.41) is 7.56. The number of nitrogen functional groups attached to an aromatic ring is 1. The van der Waals surface area contributed by atoms with E-state index in [4.69, 9.17) is 17.3 Å². The third-order valence-corrected chi connectivity index (χ3v) is 6.11. The van der Waals surface area contributed by atoms with Gasteiger partial charge in [0.15, 0.2) is 5.82 Å². The molecule has 0 aliphatic carbocycles. The van der Waals surface area contributed by atoms with Crippen LogP contribution in [0.5, 0.6) is 0 Å². The Kier molecular flexibility index (Phi) is 6.06. The zero-order chi connectivity index (χ0) is 26.3. The van der Waals surface area contributed by atoms with Gasteiger partial charge in [-0.3, -0.25) is 23.9 Å². The molecule has 0 saturated heterocycles. The summed E-state index contributed by atoms with van der Waals surface area (Å²) in [7, 11) is 3.52. The first-order valence-electron chi connectivity index (χ1n) is 11.2. The SMILES string of the molecule is Cc1c(C(=O)Nc2ccc(-c3nc(-c4ccn(C)n4)cnc3N)nc2)c(=O)n(-c2cccc(Cl)c2)n1C. The lowest BCUT2D eigenvalue weighted by atomic mass is 10.2. The summed E-state index contributed by atoms with van der Waals surface area (Å²) >= 11 is 6.09. The molecule has 12 heteroatoms. The third kappa shape index (κ3) is 4.47. The molecule has 0 fully saturated rings. The highest BCUT2D eigenvalue weighted by molar-refractivity contribution is 6.30. The molecule has 0 radical (unpaired) electrons. The van der Waals surface area contributed by atoms with Crippen LogP contribution in [0.1, 0.15) is 16.1 Å². The Morgan fingerprint density at radius 2 is 1.84 bits per heavy atom. The predicted octanol–water partition coefficient (Wildman–Crippen LogP) is 3.22. The second-order valence-electron chi connectivity index (χ2n) is 8.33. The zero-order valence-electron chi connectivity index (χ0n) is 20.2. The molecule has 0 atom stereocenters. The van der Waals surface area contributed by atoms with Gasteiger partial charge in [-0.2, -0.15) is 5.10 Å². The number of amides is 1. The smallest absolute Gasteiger partial charge is 0.284 e. The van der Waals surface area contributed by atoms with E-state index in [2.05, 4.69) is 25.4 Å². The van der Waals surface area contributed by atoms with Crippen molar-refractivity contribution in [2.75, 3.05) is 11.1 Å². The molecule has 5 aromatic rings. The van der Waals surface area contributed by atoms with Gasteiger partial charge in [0.05, 0.1) is 35.2 Å². The normalized spacial score (nSPS) is 11.0. The number of aromatic nitrogens is 7. The molecule has 5 rings (SSSR count). The number of carbonyl (C=O) groups is 1. The van der Waals surface area contributed by atoms with Gasteiger partial charge in [0.1, 0.15) is 22.6 Å². The summed E-state index contributed by atoms with van der Waals surface area (Å²) in [4.78, 5) is 39.4. The van der Waals surface area contributed by atoms with Gasteiger partial charge in [0, 0.05) is 25.3 Å². The largest absolute Gasteiger partial charge is 0.382 e. The summed E-state index contributed by atoms with van der Waals surface area (Å²) < 4.78 is 4.68. The highest BCUT2D eigenvalue weighted by atomic mass is 35.5. The van der Waals surface area contributed by atoms with Gasteiger partial charge in [-0.1, -0.05) is 17.7 Å². The van der Waals surface area contributed by atoms with Gasteiger partial charge in [-0.15, -0.1) is 0 Å². The van der Waals surface area contributed by atoms with Crippen LogP contribution in [0.25, 0.3) is 28.5 Å². The minimum absolute atomic E-state index is 0.0183. The van der Waals surface area contributed by atoms with Crippen molar-refractivity contribution < 1.29 is 4.79 Å². The van der Waals surface area contributed by atoms with Crippen LogP contribution in [-0.2, 0) is 14.1 Å². The quantitative estimate of drug-likeness (QED) is 0.366. The van der Waals surface area contributed by atoms with Crippen LogP contribution in [-0.4, -0.2) is 40.0 Å². The lowest BCUT2D eigenvalue weighted by Gasteiger charge is -2.08. The highest BCUT2D eigenvalue weighted by Gasteiger charge is 2.22. The van der Waals surface area contributed by atoms with Crippen molar-refractivity contribution in [1.82, 2.24) is 34.1 Å². The minimum Gasteiger partial charge on any atom is -0.382 e. The number of halogens is 1. The van der Waals surface area contributed by atoms with Gasteiger partial charge in [0.2, 0.25) is 0 Å². The van der Waals surface area contributed by atoms with Crippen molar-refractivity contribution in [2.24, 2.45) is 14.1 Å². The minimum atomic E-state index is -0.551. The first kappa shape index (κ1) is 23.9. The van der Waals surface area contributed by atoms with E-state index in [1.54, 1.807) is 72.1 Å². The predicted molar refractivity (Wildman–Crippen MR) is 141 cm³/mol. The molecule has 1 aromatic carbocycles. The van der Waals surface area contributed by atoms with E-state index in [-0.39, 0.29) is 11.4 Å². The van der Waals surface area contributed by atoms with Crippen molar-refractivity contribution >= 4 is 29.0 Å². The van der Waals surface area contributed by atoms with Crippen LogP contribution >= 0.6 is 11.6 Å². The second kappa shape index (κ2) is 9.36. The number of anilines is 2. The summed E-state index contributed by atoms with van der Waals surface area (Å²) in [6.07, 6.45) is 4.82. The maximum Gasteiger partial charge on any atom is 0.284 e. The van der Waals surface area contributed by atoms with E-state index < -0.39 is 11.5 Å². The Balaban J connectivity index is 1.41. The molecule has 1 amide bonds. The van der Waals surface area contributed by atoms with E-state index in [9.17, 15) is 9.59 Å². The number of pyridine rings is 1. The first-order chi connectivity index (χ1) is 17.7. The standard InChI is InChI=1S/C25H22ClN9O2/c1-14-21(25(37)35(34(14)3)17-6-4-5-15(26)11-17)24(36)30-16-7-8-19(28-12-16)22-23(27)29-13-20(31-22)18-9-10-33(2)32-18/h4-13H,1-3H3,(H2,27,29)(H,30,36). The molecule has 186 valence electrons. The van der Waals surface area contributed by atoms with Gasteiger partial charge in [-0.05, 0) is 43.3 Å². The van der Waals surface area contributed by atoms with Crippen LogP contribution < -0.4 is 16.6 Å². The fourth-order valence-electron chi connectivity index (χ4n) is 3.93.